The van der Waals surface area contributed by atoms with Crippen molar-refractivity contribution in [3.63, 3.8) is 0 Å². The number of carbonyl (C=O) groups excluding carboxylic acids is 7. The molecular formula is C79H72O20. The van der Waals surface area contributed by atoms with Gasteiger partial charge >= 0.3 is 41.8 Å². The summed E-state index contributed by atoms with van der Waals surface area (Å²) >= 11 is 0. The predicted molar refractivity (Wildman–Crippen MR) is 371 cm³/mol. The summed E-state index contributed by atoms with van der Waals surface area (Å²) in [6.45, 7) is 16.5. The molecular weight excluding hydrogens is 1270 g/mol. The van der Waals surface area contributed by atoms with Crippen LogP contribution in [0.3, 0.4) is 0 Å². The van der Waals surface area contributed by atoms with Crippen LogP contribution in [-0.4, -0.2) is 82.4 Å². The number of benzene rings is 8. The number of carbonyl (C=O) groups is 7. The van der Waals surface area contributed by atoms with Gasteiger partial charge in [-0.3, -0.25) is 33.6 Å². The highest BCUT2D eigenvalue weighted by molar-refractivity contribution is 5.94. The Labute approximate surface area is 572 Å². The van der Waals surface area contributed by atoms with E-state index in [1.165, 1.54) is 48.5 Å². The van der Waals surface area contributed by atoms with Crippen LogP contribution in [0.2, 0.25) is 0 Å². The van der Waals surface area contributed by atoms with Gasteiger partial charge in [-0.25, -0.2) is 0 Å². The molecule has 508 valence electrons. The molecule has 0 amide bonds. The summed E-state index contributed by atoms with van der Waals surface area (Å²) in [5.41, 5.74) is 13.8. The van der Waals surface area contributed by atoms with Crippen molar-refractivity contribution < 1.29 is 95.1 Å². The highest BCUT2D eigenvalue weighted by Crippen LogP contribution is 2.48. The first kappa shape index (κ1) is 71.1. The van der Waals surface area contributed by atoms with Gasteiger partial charge in [0.25, 0.3) is 0 Å². The lowest BCUT2D eigenvalue weighted by molar-refractivity contribution is -0.134. The topological polar surface area (TPSA) is 239 Å². The number of hydrogen-bond donors (Lipinski definition) is 0. The molecule has 4 heterocycles. The Morgan fingerprint density at radius 1 is 0.323 bits per heavy atom. The van der Waals surface area contributed by atoms with Crippen LogP contribution in [0.4, 0.5) is 0 Å². The third-order valence-corrected chi connectivity index (χ3v) is 15.2. The van der Waals surface area contributed by atoms with E-state index in [-0.39, 0.29) is 48.0 Å². The first-order chi connectivity index (χ1) is 47.5. The number of hydrogen-bond acceptors (Lipinski definition) is 20. The van der Waals surface area contributed by atoms with Crippen LogP contribution in [-0.2, 0) is 38.3 Å². The summed E-state index contributed by atoms with van der Waals surface area (Å²) < 4.78 is 70.5. The minimum absolute atomic E-state index is 0.0619. The van der Waals surface area contributed by atoms with Gasteiger partial charge in [-0.05, 0) is 163 Å². The maximum atomic E-state index is 11.5. The maximum absolute atomic E-state index is 11.5. The van der Waals surface area contributed by atoms with Crippen LogP contribution >= 0.6 is 0 Å². The molecule has 20 heteroatoms. The van der Waals surface area contributed by atoms with Gasteiger partial charge in [-0.2, -0.15) is 0 Å². The molecule has 0 radical (unpaired) electrons. The van der Waals surface area contributed by atoms with Crippen molar-refractivity contribution in [1.29, 1.82) is 0 Å². The molecule has 8 aromatic rings. The average molecular weight is 1340 g/mol. The van der Waals surface area contributed by atoms with Crippen LogP contribution in [0.15, 0.2) is 152 Å². The average Bonchev–Trinajstić information content (AvgIpc) is 0.785. The molecule has 99 heavy (non-hydrogen) atoms. The molecule has 4 aliphatic rings. The van der Waals surface area contributed by atoms with Crippen LogP contribution < -0.4 is 56.8 Å². The van der Waals surface area contributed by atoms with Crippen molar-refractivity contribution >= 4 is 88.1 Å². The lowest BCUT2D eigenvalue weighted by Crippen LogP contribution is -2.15. The van der Waals surface area contributed by atoms with Crippen LogP contribution in [0.25, 0.3) is 46.3 Å². The second-order valence-electron chi connectivity index (χ2n) is 22.6. The summed E-state index contributed by atoms with van der Waals surface area (Å²) in [4.78, 5) is 78.4. The van der Waals surface area contributed by atoms with E-state index in [0.717, 1.165) is 95.2 Å². The molecule has 0 spiro atoms. The van der Waals surface area contributed by atoms with Gasteiger partial charge in [0.15, 0.2) is 11.5 Å². The van der Waals surface area contributed by atoms with E-state index >= 15 is 0 Å². The summed E-state index contributed by atoms with van der Waals surface area (Å²) in [7, 11) is 3.22. The summed E-state index contributed by atoms with van der Waals surface area (Å²) in [6, 6.07) is 46.4. The molecule has 0 N–H and O–H groups in total. The van der Waals surface area contributed by atoms with Gasteiger partial charge < -0.3 is 61.6 Å². The van der Waals surface area contributed by atoms with Crippen LogP contribution in [0, 0.1) is 20.8 Å². The van der Waals surface area contributed by atoms with Crippen LogP contribution in [0.5, 0.6) is 69.0 Å². The molecule has 0 aliphatic carbocycles. The fourth-order valence-corrected chi connectivity index (χ4v) is 10.9. The van der Waals surface area contributed by atoms with Crippen molar-refractivity contribution in [2.24, 2.45) is 0 Å². The lowest BCUT2D eigenvalue weighted by Gasteiger charge is -2.25. The van der Waals surface area contributed by atoms with Gasteiger partial charge in [-0.1, -0.05) is 66.7 Å². The molecule has 0 bridgehead atoms. The number of methoxy groups -OCH3 is 2. The molecule has 4 aliphatic heterocycles. The van der Waals surface area contributed by atoms with Crippen molar-refractivity contribution in [1.82, 2.24) is 0 Å². The SMILES string of the molecule is CC(=O)Oc1ccc(C2=Cc3ccc(OC(C)=O)c(C)c3OC2)cc1.CC(=O)Oc1cccc(C2=Cc3ccc(OC(C)=O)c(C)c3OC2)c1.COC1=C(c2ccccc2)COc2c1ccc(OC(C)=O)c2OC(C)=O.COc1ccc(C2=Cc3ccc(OC(C)=O)c(C)c3OC2)cc1. The Kier molecular flexibility index (Phi) is 23.3. The van der Waals surface area contributed by atoms with Crippen LogP contribution in [0.1, 0.15) is 110 Å². The molecule has 0 saturated heterocycles. The first-order valence-corrected chi connectivity index (χ1v) is 31.1. The van der Waals surface area contributed by atoms with E-state index < -0.39 is 11.9 Å². The van der Waals surface area contributed by atoms with Gasteiger partial charge in [0.05, 0.1) is 19.8 Å². The second kappa shape index (κ2) is 32.5. The minimum Gasteiger partial charge on any atom is -0.497 e. The standard InChI is InChI=1S/C20H18O6.2C20H18O5.C19H18O4/c1-12(21)25-17-10-9-15-18(23-3)16(14-7-5-4-6-8-14)11-24-19(15)20(17)26-13(2)22;1-12-19(25-14(3)22)9-6-16-10-17(11-23-20(12)16)15-4-7-18(8-5-15)24-13(2)21;1-12-19(25-14(3)22)8-7-16-9-17(11-23-20(12)16)15-5-4-6-18(10-15)24-13(2)21;1-12-18(23-13(2)20)9-6-15-10-16(11-22-19(12)15)14-4-7-17(21-3)8-5-14/h4-10H,11H2,1-3H3;2*4-10H,11H2,1-3H3;4-10H,11H2,1-3H3. The Bertz CT molecular complexity index is 4550. The van der Waals surface area contributed by atoms with Gasteiger partial charge in [-0.15, -0.1) is 0 Å². The van der Waals surface area contributed by atoms with E-state index in [1.807, 2.05) is 136 Å². The third-order valence-electron chi connectivity index (χ3n) is 15.2. The predicted octanol–water partition coefficient (Wildman–Crippen LogP) is 14.9. The smallest absolute Gasteiger partial charge is 0.308 e. The van der Waals surface area contributed by atoms with E-state index in [1.54, 1.807) is 62.8 Å². The zero-order chi connectivity index (χ0) is 71.0. The number of rotatable bonds is 13. The molecule has 0 atom stereocenters. The first-order valence-electron chi connectivity index (χ1n) is 31.1. The van der Waals surface area contributed by atoms with Crippen molar-refractivity contribution in [3.05, 3.63) is 213 Å². The number of esters is 7. The Morgan fingerprint density at radius 3 is 1.13 bits per heavy atom. The Balaban J connectivity index is 0.000000154. The summed E-state index contributed by atoms with van der Waals surface area (Å²) in [5.74, 6) is 3.83. The lowest BCUT2D eigenvalue weighted by atomic mass is 9.98. The van der Waals surface area contributed by atoms with Gasteiger partial charge in [0.1, 0.15) is 83.9 Å². The molecule has 20 nitrogen and oxygen atoms in total. The normalized spacial score (nSPS) is 12.6. The zero-order valence-corrected chi connectivity index (χ0v) is 56.7. The van der Waals surface area contributed by atoms with Gasteiger partial charge in [0, 0.05) is 87.4 Å². The second-order valence-corrected chi connectivity index (χ2v) is 22.6. The fourth-order valence-electron chi connectivity index (χ4n) is 10.9. The zero-order valence-electron chi connectivity index (χ0n) is 56.7. The summed E-state index contributed by atoms with van der Waals surface area (Å²) in [5, 5.41) is 0. The molecule has 0 aromatic heterocycles. The van der Waals surface area contributed by atoms with Crippen molar-refractivity contribution in [3.8, 4) is 69.0 Å². The largest absolute Gasteiger partial charge is 0.497 e. The highest BCUT2D eigenvalue weighted by atomic mass is 16.6. The third kappa shape index (κ3) is 18.2. The molecule has 12 rings (SSSR count). The molecule has 8 aromatic carbocycles. The van der Waals surface area contributed by atoms with E-state index in [9.17, 15) is 33.6 Å². The molecule has 0 saturated carbocycles. The fraction of sp³-hybridized carbons (Fsp3) is 0.203. The van der Waals surface area contributed by atoms with E-state index in [2.05, 4.69) is 6.08 Å². The quantitative estimate of drug-likeness (QED) is 0.0770. The number of fused-ring (bicyclic) bond motifs is 4. The maximum Gasteiger partial charge on any atom is 0.308 e. The molecule has 0 fully saturated rings. The van der Waals surface area contributed by atoms with Crippen molar-refractivity contribution in [2.45, 2.75) is 69.2 Å². The van der Waals surface area contributed by atoms with E-state index in [4.69, 9.17) is 61.6 Å². The summed E-state index contributed by atoms with van der Waals surface area (Å²) in [6.07, 6.45) is 6.17. The monoisotopic (exact) mass is 1340 g/mol. The van der Waals surface area contributed by atoms with E-state index in [0.29, 0.717) is 71.4 Å². The Hall–Kier alpha value is -12.2. The Morgan fingerprint density at radius 2 is 0.707 bits per heavy atom. The minimum atomic E-state index is -0.549. The van der Waals surface area contributed by atoms with Crippen molar-refractivity contribution in [2.75, 3.05) is 40.6 Å². The number of ether oxygens (including phenoxy) is 13. The van der Waals surface area contributed by atoms with Gasteiger partial charge in [0.2, 0.25) is 5.75 Å². The highest BCUT2D eigenvalue weighted by Gasteiger charge is 2.30. The molecule has 0 unspecified atom stereocenters.